The number of carbonyl (C=O) groups is 2. The van der Waals surface area contributed by atoms with Crippen LogP contribution in [0.5, 0.6) is 0 Å². The molecule has 0 aromatic carbocycles. The summed E-state index contributed by atoms with van der Waals surface area (Å²) in [7, 11) is 0. The monoisotopic (exact) mass is 472 g/mol. The van der Waals surface area contributed by atoms with E-state index in [1.54, 1.807) is 6.92 Å². The van der Waals surface area contributed by atoms with Crippen molar-refractivity contribution in [3.63, 3.8) is 0 Å². The number of rotatable bonds is 7. The third kappa shape index (κ3) is 6.17. The topological polar surface area (TPSA) is 123 Å². The third-order valence-electron chi connectivity index (χ3n) is 6.26. The molecule has 0 spiro atoms. The van der Waals surface area contributed by atoms with Gasteiger partial charge in [-0.2, -0.15) is 0 Å². The molecule has 1 aromatic rings. The second-order valence-corrected chi connectivity index (χ2v) is 10.5. The van der Waals surface area contributed by atoms with Gasteiger partial charge in [-0.15, -0.1) is 0 Å². The van der Waals surface area contributed by atoms with Gasteiger partial charge < -0.3 is 10.0 Å². The quantitative estimate of drug-likeness (QED) is 0.511. The third-order valence-corrected chi connectivity index (χ3v) is 8.16. The predicted octanol–water partition coefficient (Wildman–Crippen LogP) is 4.22. The van der Waals surface area contributed by atoms with Crippen LogP contribution in [0.3, 0.4) is 0 Å². The van der Waals surface area contributed by atoms with E-state index in [2.05, 4.69) is 17.2 Å². The van der Waals surface area contributed by atoms with Crippen molar-refractivity contribution >= 4 is 44.7 Å². The Morgan fingerprint density at radius 1 is 1.13 bits per heavy atom. The Morgan fingerprint density at radius 3 is 2.32 bits per heavy atom. The summed E-state index contributed by atoms with van der Waals surface area (Å²) in [5.74, 6) is -0.535. The highest BCUT2D eigenvalue weighted by atomic mass is 32.2. The zero-order valence-corrected chi connectivity index (χ0v) is 19.7. The van der Waals surface area contributed by atoms with Gasteiger partial charge in [-0.1, -0.05) is 37.5 Å². The lowest BCUT2D eigenvalue weighted by Crippen LogP contribution is -2.51. The first-order chi connectivity index (χ1) is 14.8. The number of nitrogens with zero attached hydrogens (tertiary/aromatic N) is 3. The number of urea groups is 1. The highest BCUT2D eigenvalue weighted by molar-refractivity contribution is 7.81. The highest BCUT2D eigenvalue weighted by Crippen LogP contribution is 2.35. The van der Waals surface area contributed by atoms with E-state index in [1.807, 2.05) is 4.90 Å². The molecule has 1 aromatic heterocycles. The van der Waals surface area contributed by atoms with Crippen molar-refractivity contribution in [2.75, 3.05) is 16.2 Å². The average Bonchev–Trinajstić information content (AvgIpc) is 3.08. The summed E-state index contributed by atoms with van der Waals surface area (Å²) in [5, 5.41) is 12.5. The first kappa shape index (κ1) is 23.9. The number of hydrogen-bond donors (Lipinski definition) is 3. The fraction of sp³-hybridized carbons (Fsp3) is 0.750. The summed E-state index contributed by atoms with van der Waals surface area (Å²) in [5.41, 5.74) is 0.402. The predicted molar refractivity (Wildman–Crippen MR) is 122 cm³/mol. The number of carboxylic acids is 1. The number of amides is 2. The van der Waals surface area contributed by atoms with Crippen LogP contribution in [0.1, 0.15) is 70.4 Å². The molecule has 2 aliphatic carbocycles. The maximum Gasteiger partial charge on any atom is 0.324 e. The van der Waals surface area contributed by atoms with Gasteiger partial charge in [0.25, 0.3) is 11.3 Å². The minimum Gasteiger partial charge on any atom is -0.480 e. The Bertz CT molecular complexity index is 803. The van der Waals surface area contributed by atoms with Gasteiger partial charge in [-0.25, -0.2) is 18.3 Å². The summed E-state index contributed by atoms with van der Waals surface area (Å²) in [6.07, 6.45) is 9.74. The van der Waals surface area contributed by atoms with E-state index in [4.69, 9.17) is 5.11 Å². The Labute approximate surface area is 189 Å². The maximum atomic E-state index is 13.4. The molecule has 0 bridgehead atoms. The molecule has 11 heteroatoms. The number of carbonyl (C=O) groups excluding carboxylic acids is 1. The molecule has 0 radical (unpaired) electrons. The van der Waals surface area contributed by atoms with Crippen LogP contribution < -0.4 is 9.62 Å². The number of carboxylic acid groups (broad SMARTS) is 1. The van der Waals surface area contributed by atoms with Crippen molar-refractivity contribution in [2.45, 2.75) is 83.7 Å². The van der Waals surface area contributed by atoms with Gasteiger partial charge in [0.05, 0.1) is 5.69 Å². The summed E-state index contributed by atoms with van der Waals surface area (Å²) < 4.78 is 22.0. The minimum atomic E-state index is -2.50. The van der Waals surface area contributed by atoms with Gasteiger partial charge in [0.15, 0.2) is 5.13 Å². The van der Waals surface area contributed by atoms with E-state index < -0.39 is 23.8 Å². The van der Waals surface area contributed by atoms with Crippen LogP contribution in [-0.2, 0) is 16.1 Å². The fourth-order valence-corrected chi connectivity index (χ4v) is 6.32. The lowest BCUT2D eigenvalue weighted by atomic mass is 9.84. The highest BCUT2D eigenvalue weighted by Gasteiger charge is 2.34. The van der Waals surface area contributed by atoms with Crippen LogP contribution in [0.25, 0.3) is 0 Å². The maximum absolute atomic E-state index is 13.4. The molecule has 2 amide bonds. The van der Waals surface area contributed by atoms with Gasteiger partial charge in [0, 0.05) is 12.1 Å². The van der Waals surface area contributed by atoms with Crippen molar-refractivity contribution in [1.82, 2.24) is 9.88 Å². The summed E-state index contributed by atoms with van der Waals surface area (Å²) in [6.45, 7) is 3.26. The first-order valence-electron chi connectivity index (χ1n) is 10.9. The van der Waals surface area contributed by atoms with Gasteiger partial charge in [-0.05, 0) is 51.4 Å². The van der Waals surface area contributed by atoms with E-state index in [-0.39, 0.29) is 23.1 Å². The van der Waals surface area contributed by atoms with Crippen LogP contribution in [0.2, 0.25) is 0 Å². The molecule has 1 atom stereocenters. The van der Waals surface area contributed by atoms with Crippen LogP contribution in [0, 0.1) is 12.8 Å². The first-order valence-corrected chi connectivity index (χ1v) is 12.8. The molecule has 1 heterocycles. The smallest absolute Gasteiger partial charge is 0.324 e. The summed E-state index contributed by atoms with van der Waals surface area (Å²) >= 11 is -1.49. The summed E-state index contributed by atoms with van der Waals surface area (Å²) in [6, 6.07) is 0.260. The molecule has 2 aliphatic rings. The molecule has 9 nitrogen and oxygen atoms in total. The zero-order chi connectivity index (χ0) is 22.5. The minimum absolute atomic E-state index is 0.179. The molecule has 3 N–H and O–H groups in total. The number of aliphatic carboxylic acids is 1. The second-order valence-electron chi connectivity index (χ2n) is 8.61. The SMILES string of the molecule is Cc1nc(NC(=O)N(C2CCCCC2)C2CCC(C)CC2)sc1N(CC(=O)O)S(=O)O. The van der Waals surface area contributed by atoms with E-state index >= 15 is 0 Å². The van der Waals surface area contributed by atoms with Crippen LogP contribution in [0.15, 0.2) is 0 Å². The van der Waals surface area contributed by atoms with Gasteiger partial charge in [0.2, 0.25) is 0 Å². The molecule has 0 saturated heterocycles. The van der Waals surface area contributed by atoms with Gasteiger partial charge in [0.1, 0.15) is 11.5 Å². The van der Waals surface area contributed by atoms with Crippen LogP contribution >= 0.6 is 11.3 Å². The number of thiazole rings is 1. The number of nitrogens with one attached hydrogen (secondary N) is 1. The van der Waals surface area contributed by atoms with E-state index in [9.17, 15) is 18.4 Å². The molecule has 174 valence electrons. The second kappa shape index (κ2) is 10.7. The van der Waals surface area contributed by atoms with Crippen LogP contribution in [0.4, 0.5) is 14.9 Å². The molecule has 2 saturated carbocycles. The van der Waals surface area contributed by atoms with Gasteiger partial charge in [-0.3, -0.25) is 14.7 Å². The molecule has 0 aliphatic heterocycles. The normalized spacial score (nSPS) is 23.2. The van der Waals surface area contributed by atoms with Crippen molar-refractivity contribution in [1.29, 1.82) is 0 Å². The molecule has 3 rings (SSSR count). The Balaban J connectivity index is 1.78. The Kier molecular flexibility index (Phi) is 8.29. The fourth-order valence-electron chi connectivity index (χ4n) is 4.66. The lowest BCUT2D eigenvalue weighted by Gasteiger charge is -2.42. The van der Waals surface area contributed by atoms with E-state index in [1.165, 1.54) is 6.42 Å². The van der Waals surface area contributed by atoms with Crippen molar-refractivity contribution in [2.24, 2.45) is 5.92 Å². The molecule has 2 fully saturated rings. The van der Waals surface area contributed by atoms with Gasteiger partial charge >= 0.3 is 12.0 Å². The van der Waals surface area contributed by atoms with Crippen LogP contribution in [-0.4, -0.2) is 54.4 Å². The molecule has 31 heavy (non-hydrogen) atoms. The average molecular weight is 473 g/mol. The Hall–Kier alpha value is -1.72. The molecular formula is C20H32N4O5S2. The standard InChI is InChI=1S/C20H32N4O5S2/c1-13-8-10-16(11-9-13)24(15-6-4-3-5-7-15)20(27)22-19-21-14(2)18(30-19)23(31(28)29)12-17(25)26/h13,15-16H,3-12H2,1-2H3,(H,25,26)(H,28,29)(H,21,22,27). The van der Waals surface area contributed by atoms with E-state index in [0.29, 0.717) is 16.7 Å². The van der Waals surface area contributed by atoms with E-state index in [0.717, 1.165) is 67.0 Å². The number of aromatic nitrogens is 1. The zero-order valence-electron chi connectivity index (χ0n) is 18.1. The number of hydrogen-bond acceptors (Lipinski definition) is 5. The molecule has 1 unspecified atom stereocenters. The van der Waals surface area contributed by atoms with Crippen molar-refractivity contribution < 1.29 is 23.5 Å². The van der Waals surface area contributed by atoms with Crippen molar-refractivity contribution in [3.05, 3.63) is 5.69 Å². The van der Waals surface area contributed by atoms with Crippen molar-refractivity contribution in [3.8, 4) is 0 Å². The molecular weight excluding hydrogens is 440 g/mol. The Morgan fingerprint density at radius 2 is 1.74 bits per heavy atom. The number of anilines is 2. The summed E-state index contributed by atoms with van der Waals surface area (Å²) in [4.78, 5) is 30.8. The number of aryl methyl sites for hydroxylation is 1. The largest absolute Gasteiger partial charge is 0.480 e. The lowest BCUT2D eigenvalue weighted by molar-refractivity contribution is -0.135.